The molecule has 1 heterocycles. The van der Waals surface area contributed by atoms with Crippen molar-refractivity contribution in [2.75, 3.05) is 13.2 Å². The second-order valence-corrected chi connectivity index (χ2v) is 5.31. The maximum Gasteiger partial charge on any atom is 0.175 e. The minimum Gasteiger partial charge on any atom is -0.486 e. The zero-order valence-electron chi connectivity index (χ0n) is 10.5. The van der Waals surface area contributed by atoms with Crippen LogP contribution < -0.4 is 9.47 Å². The molecule has 104 valence electrons. The van der Waals surface area contributed by atoms with Gasteiger partial charge in [-0.15, -0.1) is 0 Å². The fraction of sp³-hybridized carbons (Fsp3) is 0.200. The number of aliphatic hydroxyl groups is 1. The summed E-state index contributed by atoms with van der Waals surface area (Å²) in [6.45, 7) is 0.944. The molecular weight excluding hydrogens is 327 g/mol. The zero-order chi connectivity index (χ0) is 14.1. The van der Waals surface area contributed by atoms with Crippen LogP contribution in [0.3, 0.4) is 0 Å². The van der Waals surface area contributed by atoms with E-state index in [1.165, 1.54) is 6.07 Å². The second kappa shape index (κ2) is 5.42. The molecule has 2 aromatic rings. The SMILES string of the molecule is OC(c1cc(Br)c2c(c1)OCCO2)c1ccccc1F. The van der Waals surface area contributed by atoms with Crippen LogP contribution in [0.15, 0.2) is 40.9 Å². The molecule has 0 aliphatic carbocycles. The van der Waals surface area contributed by atoms with E-state index < -0.39 is 11.9 Å². The summed E-state index contributed by atoms with van der Waals surface area (Å²) in [7, 11) is 0. The van der Waals surface area contributed by atoms with Gasteiger partial charge in [0.25, 0.3) is 0 Å². The standard InChI is InChI=1S/C15H12BrFO3/c16-11-7-9(8-13-15(11)20-6-5-19-13)14(18)10-3-1-2-4-12(10)17/h1-4,7-8,14,18H,5-6H2. The van der Waals surface area contributed by atoms with Gasteiger partial charge in [0.15, 0.2) is 11.5 Å². The van der Waals surface area contributed by atoms with E-state index in [-0.39, 0.29) is 5.56 Å². The molecule has 0 amide bonds. The lowest BCUT2D eigenvalue weighted by atomic mass is 10.0. The smallest absolute Gasteiger partial charge is 0.175 e. The van der Waals surface area contributed by atoms with E-state index in [2.05, 4.69) is 15.9 Å². The molecule has 1 unspecified atom stereocenters. The van der Waals surface area contributed by atoms with Crippen molar-refractivity contribution in [3.63, 3.8) is 0 Å². The molecule has 0 saturated heterocycles. The maximum atomic E-state index is 13.7. The van der Waals surface area contributed by atoms with Crippen molar-refractivity contribution in [1.29, 1.82) is 0 Å². The number of benzene rings is 2. The van der Waals surface area contributed by atoms with Crippen molar-refractivity contribution in [3.8, 4) is 11.5 Å². The molecular formula is C15H12BrFO3. The third kappa shape index (κ3) is 2.39. The van der Waals surface area contributed by atoms with Crippen LogP contribution in [-0.4, -0.2) is 18.3 Å². The summed E-state index contributed by atoms with van der Waals surface area (Å²) >= 11 is 3.38. The lowest BCUT2D eigenvalue weighted by molar-refractivity contribution is 0.168. The monoisotopic (exact) mass is 338 g/mol. The molecule has 0 aromatic heterocycles. The average molecular weight is 339 g/mol. The number of hydrogen-bond acceptors (Lipinski definition) is 3. The van der Waals surface area contributed by atoms with Crippen LogP contribution in [0, 0.1) is 5.82 Å². The summed E-state index contributed by atoms with van der Waals surface area (Å²) in [4.78, 5) is 0. The highest BCUT2D eigenvalue weighted by Gasteiger charge is 2.21. The first-order valence-electron chi connectivity index (χ1n) is 6.18. The van der Waals surface area contributed by atoms with Crippen LogP contribution >= 0.6 is 15.9 Å². The molecule has 1 aliphatic rings. The normalized spacial score (nSPS) is 14.9. The molecule has 1 aliphatic heterocycles. The molecule has 0 fully saturated rings. The molecule has 3 nitrogen and oxygen atoms in total. The molecule has 3 rings (SSSR count). The lowest BCUT2D eigenvalue weighted by Crippen LogP contribution is -2.16. The summed E-state index contributed by atoms with van der Waals surface area (Å²) < 4.78 is 25.4. The van der Waals surface area contributed by atoms with E-state index >= 15 is 0 Å². The van der Waals surface area contributed by atoms with Crippen molar-refractivity contribution < 1.29 is 19.0 Å². The van der Waals surface area contributed by atoms with Crippen molar-refractivity contribution in [3.05, 3.63) is 57.8 Å². The molecule has 20 heavy (non-hydrogen) atoms. The van der Waals surface area contributed by atoms with Crippen molar-refractivity contribution in [1.82, 2.24) is 0 Å². The Morgan fingerprint density at radius 3 is 2.70 bits per heavy atom. The molecule has 0 radical (unpaired) electrons. The zero-order valence-corrected chi connectivity index (χ0v) is 12.1. The van der Waals surface area contributed by atoms with Crippen LogP contribution in [0.4, 0.5) is 4.39 Å². The third-order valence-corrected chi connectivity index (χ3v) is 3.72. The Hall–Kier alpha value is -1.59. The fourth-order valence-corrected chi connectivity index (χ4v) is 2.74. The summed E-state index contributed by atoms with van der Waals surface area (Å²) in [5, 5.41) is 10.3. The first-order chi connectivity index (χ1) is 9.66. The van der Waals surface area contributed by atoms with Gasteiger partial charge in [0.05, 0.1) is 4.47 Å². The number of ether oxygens (including phenoxy) is 2. The van der Waals surface area contributed by atoms with Crippen molar-refractivity contribution in [2.24, 2.45) is 0 Å². The van der Waals surface area contributed by atoms with E-state index in [0.717, 1.165) is 0 Å². The first-order valence-corrected chi connectivity index (χ1v) is 6.97. The van der Waals surface area contributed by atoms with Gasteiger partial charge in [-0.1, -0.05) is 18.2 Å². The number of halogens is 2. The van der Waals surface area contributed by atoms with Gasteiger partial charge in [-0.3, -0.25) is 0 Å². The number of aliphatic hydroxyl groups excluding tert-OH is 1. The molecule has 1 N–H and O–H groups in total. The van der Waals surface area contributed by atoms with E-state index in [0.29, 0.717) is 34.7 Å². The van der Waals surface area contributed by atoms with E-state index in [9.17, 15) is 9.50 Å². The Balaban J connectivity index is 2.02. The van der Waals surface area contributed by atoms with E-state index in [4.69, 9.17) is 9.47 Å². The third-order valence-electron chi connectivity index (χ3n) is 3.13. The van der Waals surface area contributed by atoms with Gasteiger partial charge in [-0.25, -0.2) is 4.39 Å². The van der Waals surface area contributed by atoms with Gasteiger partial charge >= 0.3 is 0 Å². The van der Waals surface area contributed by atoms with Gasteiger partial charge in [0, 0.05) is 5.56 Å². The highest BCUT2D eigenvalue weighted by Crippen LogP contribution is 2.41. The Morgan fingerprint density at radius 1 is 1.15 bits per heavy atom. The summed E-state index contributed by atoms with van der Waals surface area (Å²) in [6, 6.07) is 9.55. The van der Waals surface area contributed by atoms with Gasteiger partial charge < -0.3 is 14.6 Å². The van der Waals surface area contributed by atoms with Gasteiger partial charge in [0.1, 0.15) is 25.1 Å². The average Bonchev–Trinajstić information content (AvgIpc) is 2.47. The minimum absolute atomic E-state index is 0.232. The first kappa shape index (κ1) is 13.4. The van der Waals surface area contributed by atoms with E-state index in [1.807, 2.05) is 0 Å². The quantitative estimate of drug-likeness (QED) is 0.911. The van der Waals surface area contributed by atoms with E-state index in [1.54, 1.807) is 30.3 Å². The molecule has 0 spiro atoms. The Kier molecular flexibility index (Phi) is 3.63. The van der Waals surface area contributed by atoms with Gasteiger partial charge in [0.2, 0.25) is 0 Å². The molecule has 2 aromatic carbocycles. The summed E-state index contributed by atoms with van der Waals surface area (Å²) in [6.07, 6.45) is -1.05. The van der Waals surface area contributed by atoms with Crippen molar-refractivity contribution in [2.45, 2.75) is 6.10 Å². The minimum atomic E-state index is -1.05. The predicted octanol–water partition coefficient (Wildman–Crippen LogP) is 3.44. The molecule has 0 bridgehead atoms. The summed E-state index contributed by atoms with van der Waals surface area (Å²) in [5.74, 6) is 0.725. The topological polar surface area (TPSA) is 38.7 Å². The van der Waals surface area contributed by atoms with Gasteiger partial charge in [-0.05, 0) is 39.7 Å². The largest absolute Gasteiger partial charge is 0.486 e. The van der Waals surface area contributed by atoms with Crippen molar-refractivity contribution >= 4 is 15.9 Å². The van der Waals surface area contributed by atoms with Crippen LogP contribution in [-0.2, 0) is 0 Å². The molecule has 5 heteroatoms. The molecule has 1 atom stereocenters. The highest BCUT2D eigenvalue weighted by atomic mass is 79.9. The Labute approximate surface area is 124 Å². The Bertz CT molecular complexity index is 645. The number of rotatable bonds is 2. The number of hydrogen-bond donors (Lipinski definition) is 1. The van der Waals surface area contributed by atoms with Crippen LogP contribution in [0.2, 0.25) is 0 Å². The van der Waals surface area contributed by atoms with Crippen LogP contribution in [0.1, 0.15) is 17.2 Å². The summed E-state index contributed by atoms with van der Waals surface area (Å²) in [5.41, 5.74) is 0.780. The van der Waals surface area contributed by atoms with Crippen LogP contribution in [0.25, 0.3) is 0 Å². The fourth-order valence-electron chi connectivity index (χ4n) is 2.17. The number of fused-ring (bicyclic) bond motifs is 1. The highest BCUT2D eigenvalue weighted by molar-refractivity contribution is 9.10. The van der Waals surface area contributed by atoms with Gasteiger partial charge in [-0.2, -0.15) is 0 Å². The van der Waals surface area contributed by atoms with Crippen LogP contribution in [0.5, 0.6) is 11.5 Å². The Morgan fingerprint density at radius 2 is 1.90 bits per heavy atom. The maximum absolute atomic E-state index is 13.7. The predicted molar refractivity (Wildman–Crippen MR) is 75.6 cm³/mol. The molecule has 0 saturated carbocycles. The lowest BCUT2D eigenvalue weighted by Gasteiger charge is -2.22. The second-order valence-electron chi connectivity index (χ2n) is 4.45.